The van der Waals surface area contributed by atoms with Gasteiger partial charge in [0.05, 0.1) is 5.25 Å². The third kappa shape index (κ3) is 3.58. The number of carbonyl (C=O) groups excluding carboxylic acids is 1. The van der Waals surface area contributed by atoms with Crippen molar-refractivity contribution in [3.05, 3.63) is 34.3 Å². The number of hydrogen-bond donors (Lipinski definition) is 1. The van der Waals surface area contributed by atoms with Gasteiger partial charge in [-0.15, -0.1) is 10.2 Å². The Morgan fingerprint density at radius 3 is 2.50 bits per heavy atom. The second kappa shape index (κ2) is 6.37. The maximum atomic E-state index is 12.3. The maximum absolute atomic E-state index is 12.3. The van der Waals surface area contributed by atoms with Crippen LogP contribution in [0.25, 0.3) is 0 Å². The Kier molecular flexibility index (Phi) is 4.77. The lowest BCUT2D eigenvalue weighted by atomic mass is 10.1. The predicted octanol–water partition coefficient (Wildman–Crippen LogP) is 3.58. The zero-order valence-corrected chi connectivity index (χ0v) is 13.6. The minimum Gasteiger partial charge on any atom is -0.325 e. The molecule has 0 aliphatic heterocycles. The molecule has 0 radical (unpaired) electrons. The van der Waals surface area contributed by atoms with Gasteiger partial charge in [0, 0.05) is 5.69 Å². The number of aryl methyl sites for hydroxylation is 3. The Bertz CT molecular complexity index is 588. The summed E-state index contributed by atoms with van der Waals surface area (Å²) in [5.41, 5.74) is 5.95. The van der Waals surface area contributed by atoms with E-state index >= 15 is 0 Å². The summed E-state index contributed by atoms with van der Waals surface area (Å²) in [6.07, 6.45) is 0. The van der Waals surface area contributed by atoms with E-state index in [9.17, 15) is 4.79 Å². The van der Waals surface area contributed by atoms with Crippen LogP contribution < -0.4 is 5.32 Å². The highest BCUT2D eigenvalue weighted by atomic mass is 32.2. The summed E-state index contributed by atoms with van der Waals surface area (Å²) in [5, 5.41) is 10.5. The highest BCUT2D eigenvalue weighted by Gasteiger charge is 2.17. The average molecular weight is 307 g/mol. The van der Waals surface area contributed by atoms with Gasteiger partial charge in [0.1, 0.15) is 5.51 Å². The summed E-state index contributed by atoms with van der Waals surface area (Å²) >= 11 is 2.87. The Morgan fingerprint density at radius 2 is 1.95 bits per heavy atom. The quantitative estimate of drug-likeness (QED) is 0.877. The molecule has 0 saturated heterocycles. The number of nitrogens with zero attached hydrogens (tertiary/aromatic N) is 2. The minimum absolute atomic E-state index is 0.0137. The summed E-state index contributed by atoms with van der Waals surface area (Å²) in [4.78, 5) is 12.3. The molecule has 1 heterocycles. The van der Waals surface area contributed by atoms with Crippen LogP contribution in [0.3, 0.4) is 0 Å². The zero-order valence-electron chi connectivity index (χ0n) is 11.9. The van der Waals surface area contributed by atoms with Gasteiger partial charge in [-0.3, -0.25) is 4.79 Å². The molecule has 0 saturated carbocycles. The molecule has 1 amide bonds. The zero-order chi connectivity index (χ0) is 14.7. The van der Waals surface area contributed by atoms with Crippen molar-refractivity contribution in [3.63, 3.8) is 0 Å². The van der Waals surface area contributed by atoms with Crippen LogP contribution in [-0.4, -0.2) is 21.4 Å². The van der Waals surface area contributed by atoms with Gasteiger partial charge < -0.3 is 5.32 Å². The van der Waals surface area contributed by atoms with Gasteiger partial charge in [-0.1, -0.05) is 40.8 Å². The minimum atomic E-state index is -0.206. The van der Waals surface area contributed by atoms with Crippen molar-refractivity contribution in [2.75, 3.05) is 5.32 Å². The van der Waals surface area contributed by atoms with Crippen molar-refractivity contribution in [3.8, 4) is 0 Å². The number of aromatic nitrogens is 2. The molecule has 0 aliphatic carbocycles. The summed E-state index contributed by atoms with van der Waals surface area (Å²) in [6.45, 7) is 7.95. The molecule has 0 aliphatic rings. The van der Waals surface area contributed by atoms with Gasteiger partial charge in [0.2, 0.25) is 5.91 Å². The van der Waals surface area contributed by atoms with Crippen molar-refractivity contribution in [1.29, 1.82) is 0 Å². The number of anilines is 1. The molecule has 106 valence electrons. The molecule has 1 N–H and O–H groups in total. The number of carbonyl (C=O) groups is 1. The summed E-state index contributed by atoms with van der Waals surface area (Å²) in [7, 11) is 0. The summed E-state index contributed by atoms with van der Waals surface area (Å²) < 4.78 is 0.810. The van der Waals surface area contributed by atoms with Crippen LogP contribution in [0, 0.1) is 20.8 Å². The molecular weight excluding hydrogens is 290 g/mol. The normalized spacial score (nSPS) is 12.2. The maximum Gasteiger partial charge on any atom is 0.237 e. The Balaban J connectivity index is 2.08. The van der Waals surface area contributed by atoms with Gasteiger partial charge in [0.15, 0.2) is 4.34 Å². The third-order valence-electron chi connectivity index (χ3n) is 2.91. The molecule has 2 rings (SSSR count). The number of hydrogen-bond acceptors (Lipinski definition) is 5. The number of benzene rings is 1. The molecule has 20 heavy (non-hydrogen) atoms. The van der Waals surface area contributed by atoms with Gasteiger partial charge in [0.25, 0.3) is 0 Å². The number of nitrogens with one attached hydrogen (secondary N) is 1. The second-order valence-corrected chi connectivity index (χ2v) is 7.15. The molecule has 4 nitrogen and oxygen atoms in total. The van der Waals surface area contributed by atoms with E-state index in [2.05, 4.69) is 34.6 Å². The summed E-state index contributed by atoms with van der Waals surface area (Å²) in [6, 6.07) is 4.15. The number of amides is 1. The van der Waals surface area contributed by atoms with E-state index in [1.54, 1.807) is 5.51 Å². The molecular formula is C14H17N3OS2. The van der Waals surface area contributed by atoms with Crippen molar-refractivity contribution >= 4 is 34.7 Å². The Hall–Kier alpha value is -1.40. The molecule has 1 aromatic heterocycles. The van der Waals surface area contributed by atoms with Crippen LogP contribution in [0.1, 0.15) is 23.6 Å². The van der Waals surface area contributed by atoms with Crippen molar-refractivity contribution in [1.82, 2.24) is 10.2 Å². The first-order valence-corrected chi connectivity index (χ1v) is 8.05. The van der Waals surface area contributed by atoms with E-state index in [1.165, 1.54) is 28.7 Å². The van der Waals surface area contributed by atoms with Crippen molar-refractivity contribution in [2.24, 2.45) is 0 Å². The van der Waals surface area contributed by atoms with Crippen LogP contribution in [-0.2, 0) is 4.79 Å². The molecule has 2 aromatic rings. The standard InChI is InChI=1S/C14H17N3OS2/c1-8-5-9(2)12(10(3)6-8)16-13(18)11(4)20-14-17-15-7-19-14/h5-7,11H,1-4H3,(H,16,18)/t11-/m0/s1. The fourth-order valence-corrected chi connectivity index (χ4v) is 3.65. The van der Waals surface area contributed by atoms with E-state index in [0.717, 1.165) is 21.2 Å². The van der Waals surface area contributed by atoms with Crippen LogP contribution >= 0.6 is 23.1 Å². The fraction of sp³-hybridized carbons (Fsp3) is 0.357. The first-order valence-electron chi connectivity index (χ1n) is 6.29. The van der Waals surface area contributed by atoms with Crippen LogP contribution in [0.2, 0.25) is 0 Å². The molecule has 0 bridgehead atoms. The van der Waals surface area contributed by atoms with Crippen LogP contribution in [0.15, 0.2) is 22.0 Å². The van der Waals surface area contributed by atoms with E-state index in [4.69, 9.17) is 0 Å². The van der Waals surface area contributed by atoms with Crippen molar-refractivity contribution < 1.29 is 4.79 Å². The first-order chi connectivity index (χ1) is 9.47. The predicted molar refractivity (Wildman–Crippen MR) is 84.5 cm³/mol. The molecule has 0 spiro atoms. The van der Waals surface area contributed by atoms with Crippen LogP contribution in [0.5, 0.6) is 0 Å². The average Bonchev–Trinajstić information content (AvgIpc) is 2.86. The van der Waals surface area contributed by atoms with Gasteiger partial charge in [-0.25, -0.2) is 0 Å². The lowest BCUT2D eigenvalue weighted by molar-refractivity contribution is -0.115. The molecule has 1 atom stereocenters. The first kappa shape index (κ1) is 15.0. The van der Waals surface area contributed by atoms with E-state index in [-0.39, 0.29) is 11.2 Å². The lowest BCUT2D eigenvalue weighted by Gasteiger charge is -2.15. The topological polar surface area (TPSA) is 54.9 Å². The summed E-state index contributed by atoms with van der Waals surface area (Å²) in [5.74, 6) is -0.0137. The van der Waals surface area contributed by atoms with Gasteiger partial charge in [-0.2, -0.15) is 0 Å². The monoisotopic (exact) mass is 307 g/mol. The molecule has 0 fully saturated rings. The molecule has 6 heteroatoms. The van der Waals surface area contributed by atoms with E-state index in [1.807, 2.05) is 20.8 Å². The highest BCUT2D eigenvalue weighted by molar-refractivity contribution is 8.02. The SMILES string of the molecule is Cc1cc(C)c(NC(=O)[C@H](C)Sc2nncs2)c(C)c1. The smallest absolute Gasteiger partial charge is 0.237 e. The van der Waals surface area contributed by atoms with E-state index < -0.39 is 0 Å². The van der Waals surface area contributed by atoms with Crippen LogP contribution in [0.4, 0.5) is 5.69 Å². The second-order valence-electron chi connectivity index (χ2n) is 4.73. The lowest BCUT2D eigenvalue weighted by Crippen LogP contribution is -2.23. The highest BCUT2D eigenvalue weighted by Crippen LogP contribution is 2.27. The van der Waals surface area contributed by atoms with Crippen molar-refractivity contribution in [2.45, 2.75) is 37.3 Å². The molecule has 1 aromatic carbocycles. The van der Waals surface area contributed by atoms with E-state index in [0.29, 0.717) is 0 Å². The van der Waals surface area contributed by atoms with Gasteiger partial charge >= 0.3 is 0 Å². The number of rotatable bonds is 4. The van der Waals surface area contributed by atoms with Gasteiger partial charge in [-0.05, 0) is 38.8 Å². The Morgan fingerprint density at radius 1 is 1.30 bits per heavy atom. The fourth-order valence-electron chi connectivity index (χ4n) is 2.02. The Labute approximate surface area is 127 Å². The third-order valence-corrected chi connectivity index (χ3v) is 4.82. The molecule has 0 unspecified atom stereocenters. The number of thioether (sulfide) groups is 1. The largest absolute Gasteiger partial charge is 0.325 e.